The predicted molar refractivity (Wildman–Crippen MR) is 107 cm³/mol. The van der Waals surface area contributed by atoms with Gasteiger partial charge in [0.05, 0.1) is 18.5 Å². The van der Waals surface area contributed by atoms with E-state index in [2.05, 4.69) is 22.4 Å². The minimum atomic E-state index is -3.55. The third-order valence-electron chi connectivity index (χ3n) is 3.74. The molecule has 146 valence electrons. The zero-order chi connectivity index (χ0) is 19.6. The van der Waals surface area contributed by atoms with Crippen LogP contribution in [0, 0.1) is 6.92 Å². The van der Waals surface area contributed by atoms with E-state index in [-0.39, 0.29) is 6.54 Å². The second kappa shape index (κ2) is 8.03. The minimum Gasteiger partial charge on any atom is -0.476 e. The molecule has 0 radical (unpaired) electrons. The molecule has 1 atom stereocenters. The second-order valence-corrected chi connectivity index (χ2v) is 10.3. The summed E-state index contributed by atoms with van der Waals surface area (Å²) in [6.45, 7) is 3.84. The van der Waals surface area contributed by atoms with E-state index in [9.17, 15) is 13.2 Å². The number of carbonyl (C=O) groups excluding carboxylic acids is 1. The number of amides is 1. The van der Waals surface area contributed by atoms with Crippen LogP contribution in [-0.4, -0.2) is 49.2 Å². The maximum Gasteiger partial charge on any atom is 0.269 e. The lowest BCUT2D eigenvalue weighted by atomic mass is 10.1. The fraction of sp³-hybridized carbons (Fsp3) is 0.438. The second-order valence-electron chi connectivity index (χ2n) is 6.08. The standard InChI is InChI=1S/C16H20N4O4S3/c1-4-7-25-16-19-18-15(26-16)17-14(21)13-9-20(27(3,22)23)11-6-5-10(2)8-12(11)24-13/h5-6,8,13H,4,7,9H2,1-3H3,(H,17,18,21)/t13-/m1/s1. The molecule has 0 fully saturated rings. The van der Waals surface area contributed by atoms with Crippen molar-refractivity contribution in [2.45, 2.75) is 30.7 Å². The van der Waals surface area contributed by atoms with Gasteiger partial charge in [0, 0.05) is 5.75 Å². The van der Waals surface area contributed by atoms with Gasteiger partial charge in [0.25, 0.3) is 5.91 Å². The number of hydrogen-bond donors (Lipinski definition) is 1. The molecule has 1 aliphatic rings. The molecule has 3 rings (SSSR count). The van der Waals surface area contributed by atoms with Crippen LogP contribution in [0.1, 0.15) is 18.9 Å². The van der Waals surface area contributed by atoms with Crippen LogP contribution in [0.15, 0.2) is 22.5 Å². The Hall–Kier alpha value is -1.85. The average Bonchev–Trinajstić information content (AvgIpc) is 3.05. The number of carbonyl (C=O) groups is 1. The van der Waals surface area contributed by atoms with Crippen LogP contribution in [-0.2, 0) is 14.8 Å². The number of aryl methyl sites for hydroxylation is 1. The third-order valence-corrected chi connectivity index (χ3v) is 7.07. The molecule has 1 aliphatic heterocycles. The van der Waals surface area contributed by atoms with Gasteiger partial charge in [-0.05, 0) is 31.0 Å². The van der Waals surface area contributed by atoms with E-state index in [1.54, 1.807) is 30.0 Å². The molecule has 27 heavy (non-hydrogen) atoms. The number of rotatable bonds is 6. The Balaban J connectivity index is 1.78. The van der Waals surface area contributed by atoms with E-state index in [1.807, 2.05) is 6.92 Å². The van der Waals surface area contributed by atoms with Crippen molar-refractivity contribution < 1.29 is 17.9 Å². The summed E-state index contributed by atoms with van der Waals surface area (Å²) in [6, 6.07) is 5.21. The lowest BCUT2D eigenvalue weighted by Crippen LogP contribution is -2.48. The number of anilines is 2. The monoisotopic (exact) mass is 428 g/mol. The number of fused-ring (bicyclic) bond motifs is 1. The number of ether oxygens (including phenoxy) is 1. The normalized spacial score (nSPS) is 16.6. The molecule has 1 aromatic carbocycles. The summed E-state index contributed by atoms with van der Waals surface area (Å²) in [7, 11) is -3.55. The van der Waals surface area contributed by atoms with Crippen molar-refractivity contribution in [3.63, 3.8) is 0 Å². The number of aromatic nitrogens is 2. The zero-order valence-electron chi connectivity index (χ0n) is 15.1. The Labute approximate surface area is 166 Å². The molecule has 8 nitrogen and oxygen atoms in total. The van der Waals surface area contributed by atoms with Crippen LogP contribution in [0.2, 0.25) is 0 Å². The van der Waals surface area contributed by atoms with E-state index in [1.165, 1.54) is 15.6 Å². The molecule has 0 bridgehead atoms. The van der Waals surface area contributed by atoms with Crippen LogP contribution in [0.5, 0.6) is 5.75 Å². The van der Waals surface area contributed by atoms with Crippen LogP contribution >= 0.6 is 23.1 Å². The van der Waals surface area contributed by atoms with Crippen LogP contribution in [0.3, 0.4) is 0 Å². The first-order valence-corrected chi connectivity index (χ1v) is 11.9. The Morgan fingerprint density at radius 3 is 2.93 bits per heavy atom. The Bertz CT molecular complexity index is 945. The maximum absolute atomic E-state index is 12.6. The first-order chi connectivity index (χ1) is 12.8. The van der Waals surface area contributed by atoms with Crippen molar-refractivity contribution in [3.05, 3.63) is 23.8 Å². The van der Waals surface area contributed by atoms with E-state index < -0.39 is 22.0 Å². The highest BCUT2D eigenvalue weighted by atomic mass is 32.2. The molecular weight excluding hydrogens is 408 g/mol. The molecule has 1 amide bonds. The summed E-state index contributed by atoms with van der Waals surface area (Å²) in [5.41, 5.74) is 1.34. The van der Waals surface area contributed by atoms with Crippen molar-refractivity contribution in [2.75, 3.05) is 28.2 Å². The lowest BCUT2D eigenvalue weighted by molar-refractivity contribution is -0.122. The molecule has 11 heteroatoms. The van der Waals surface area contributed by atoms with Crippen molar-refractivity contribution in [3.8, 4) is 5.75 Å². The Morgan fingerprint density at radius 1 is 1.44 bits per heavy atom. The van der Waals surface area contributed by atoms with Gasteiger partial charge < -0.3 is 4.74 Å². The Kier molecular flexibility index (Phi) is 5.92. The summed E-state index contributed by atoms with van der Waals surface area (Å²) in [5.74, 6) is 0.829. The fourth-order valence-corrected chi connectivity index (χ4v) is 5.10. The van der Waals surface area contributed by atoms with Crippen LogP contribution in [0.4, 0.5) is 10.8 Å². The zero-order valence-corrected chi connectivity index (χ0v) is 17.6. The smallest absolute Gasteiger partial charge is 0.269 e. The highest BCUT2D eigenvalue weighted by Crippen LogP contribution is 2.36. The van der Waals surface area contributed by atoms with E-state index in [0.717, 1.165) is 28.3 Å². The number of thioether (sulfide) groups is 1. The third kappa shape index (κ3) is 4.71. The van der Waals surface area contributed by atoms with Gasteiger partial charge in [0.15, 0.2) is 10.4 Å². The van der Waals surface area contributed by atoms with Crippen molar-refractivity contribution >= 4 is 49.8 Å². The van der Waals surface area contributed by atoms with E-state index >= 15 is 0 Å². The molecule has 1 N–H and O–H groups in total. The molecule has 2 heterocycles. The first kappa shape index (κ1) is 19.9. The molecule has 0 spiro atoms. The number of benzene rings is 1. The Morgan fingerprint density at radius 2 is 2.22 bits per heavy atom. The van der Waals surface area contributed by atoms with Crippen molar-refractivity contribution in [1.82, 2.24) is 10.2 Å². The van der Waals surface area contributed by atoms with Gasteiger partial charge >= 0.3 is 0 Å². The summed E-state index contributed by atoms with van der Waals surface area (Å²) in [4.78, 5) is 12.6. The number of sulfonamides is 1. The molecule has 1 aromatic heterocycles. The predicted octanol–water partition coefficient (Wildman–Crippen LogP) is 2.51. The maximum atomic E-state index is 12.6. The first-order valence-electron chi connectivity index (χ1n) is 8.30. The van der Waals surface area contributed by atoms with Crippen molar-refractivity contribution in [1.29, 1.82) is 0 Å². The average molecular weight is 429 g/mol. The quantitative estimate of drug-likeness (QED) is 0.557. The van der Waals surface area contributed by atoms with Crippen LogP contribution in [0.25, 0.3) is 0 Å². The van der Waals surface area contributed by atoms with Gasteiger partial charge in [-0.25, -0.2) is 8.42 Å². The van der Waals surface area contributed by atoms with Gasteiger partial charge in [-0.2, -0.15) is 0 Å². The van der Waals surface area contributed by atoms with E-state index in [0.29, 0.717) is 16.6 Å². The largest absolute Gasteiger partial charge is 0.476 e. The van der Waals surface area contributed by atoms with Gasteiger partial charge in [-0.15, -0.1) is 10.2 Å². The van der Waals surface area contributed by atoms with Gasteiger partial charge in [0.2, 0.25) is 15.2 Å². The van der Waals surface area contributed by atoms with Crippen LogP contribution < -0.4 is 14.4 Å². The molecule has 2 aromatic rings. The van der Waals surface area contributed by atoms with Gasteiger partial charge in [0.1, 0.15) is 5.75 Å². The SMILES string of the molecule is CCCSc1nnc(NC(=O)[C@H]2CN(S(C)(=O)=O)c3ccc(C)cc3O2)s1. The summed E-state index contributed by atoms with van der Waals surface area (Å²) < 4.78 is 32.1. The van der Waals surface area contributed by atoms with Gasteiger partial charge in [-0.1, -0.05) is 36.1 Å². The topological polar surface area (TPSA) is 101 Å². The van der Waals surface area contributed by atoms with Crippen molar-refractivity contribution in [2.24, 2.45) is 0 Å². The molecule has 0 unspecified atom stereocenters. The molecule has 0 saturated heterocycles. The summed E-state index contributed by atoms with van der Waals surface area (Å²) >= 11 is 2.86. The number of nitrogens with one attached hydrogen (secondary N) is 1. The highest BCUT2D eigenvalue weighted by molar-refractivity contribution is 8.01. The highest BCUT2D eigenvalue weighted by Gasteiger charge is 2.35. The molecule has 0 aliphatic carbocycles. The summed E-state index contributed by atoms with van der Waals surface area (Å²) in [5, 5.41) is 11.0. The molecular formula is C16H20N4O4S3. The fourth-order valence-electron chi connectivity index (χ4n) is 2.51. The molecule has 0 saturated carbocycles. The lowest BCUT2D eigenvalue weighted by Gasteiger charge is -2.33. The summed E-state index contributed by atoms with van der Waals surface area (Å²) in [6.07, 6.45) is 1.14. The van der Waals surface area contributed by atoms with E-state index in [4.69, 9.17) is 4.74 Å². The number of hydrogen-bond acceptors (Lipinski definition) is 8. The van der Waals surface area contributed by atoms with Gasteiger partial charge in [-0.3, -0.25) is 14.4 Å². The number of nitrogens with zero attached hydrogens (tertiary/aromatic N) is 3. The minimum absolute atomic E-state index is 0.100.